The van der Waals surface area contributed by atoms with Crippen LogP contribution in [0.4, 0.5) is 11.8 Å². The Kier molecular flexibility index (Phi) is 6.61. The molecule has 0 aliphatic carbocycles. The van der Waals surface area contributed by atoms with Crippen LogP contribution in [0.5, 0.6) is 0 Å². The highest BCUT2D eigenvalue weighted by molar-refractivity contribution is 6.31. The van der Waals surface area contributed by atoms with E-state index in [9.17, 15) is 0 Å². The van der Waals surface area contributed by atoms with Crippen molar-refractivity contribution < 1.29 is 0 Å². The average molecular weight is 491 g/mol. The second kappa shape index (κ2) is 9.95. The number of benzene rings is 2. The first kappa shape index (κ1) is 22.6. The van der Waals surface area contributed by atoms with Crippen LogP contribution in [0.1, 0.15) is 12.5 Å². The van der Waals surface area contributed by atoms with Gasteiger partial charge in [0, 0.05) is 59.7 Å². The molecule has 0 unspecified atom stereocenters. The monoisotopic (exact) mass is 490 g/mol. The summed E-state index contributed by atoms with van der Waals surface area (Å²) in [5.41, 5.74) is 4.70. The zero-order chi connectivity index (χ0) is 23.5. The summed E-state index contributed by atoms with van der Waals surface area (Å²) in [7, 11) is 0. The third kappa shape index (κ3) is 4.83. The molecule has 1 aliphatic heterocycles. The molecule has 0 amide bonds. The van der Waals surface area contributed by atoms with Gasteiger partial charge in [-0.1, -0.05) is 54.4 Å². The molecular formula is C26H24Cl2N6. The molecule has 0 atom stereocenters. The third-order valence-electron chi connectivity index (χ3n) is 5.98. The van der Waals surface area contributed by atoms with Gasteiger partial charge in [-0.15, -0.1) is 0 Å². The molecular weight excluding hydrogens is 467 g/mol. The van der Waals surface area contributed by atoms with E-state index in [0.717, 1.165) is 72.4 Å². The highest BCUT2D eigenvalue weighted by atomic mass is 35.5. The van der Waals surface area contributed by atoms with Gasteiger partial charge in [-0.25, -0.2) is 15.0 Å². The summed E-state index contributed by atoms with van der Waals surface area (Å²) in [6, 6.07) is 15.4. The van der Waals surface area contributed by atoms with Crippen LogP contribution in [0.3, 0.4) is 0 Å². The predicted octanol–water partition coefficient (Wildman–Crippen LogP) is 5.80. The molecule has 34 heavy (non-hydrogen) atoms. The Labute approximate surface area is 209 Å². The number of hydrogen-bond donors (Lipinski definition) is 0. The molecule has 3 heterocycles. The fourth-order valence-corrected chi connectivity index (χ4v) is 4.24. The van der Waals surface area contributed by atoms with E-state index < -0.39 is 0 Å². The molecule has 8 heteroatoms. The van der Waals surface area contributed by atoms with E-state index in [1.807, 2.05) is 67.1 Å². The molecule has 0 bridgehead atoms. The first-order valence-corrected chi connectivity index (χ1v) is 12.1. The van der Waals surface area contributed by atoms with Crippen molar-refractivity contribution >= 4 is 35.0 Å². The van der Waals surface area contributed by atoms with Crippen LogP contribution in [-0.2, 0) is 6.42 Å². The van der Waals surface area contributed by atoms with E-state index in [2.05, 4.69) is 26.7 Å². The van der Waals surface area contributed by atoms with Crippen LogP contribution in [0, 0.1) is 0 Å². The zero-order valence-corrected chi connectivity index (χ0v) is 20.3. The normalized spacial score (nSPS) is 13.9. The van der Waals surface area contributed by atoms with Gasteiger partial charge in [-0.2, -0.15) is 0 Å². The summed E-state index contributed by atoms with van der Waals surface area (Å²) in [4.78, 5) is 23.4. The van der Waals surface area contributed by atoms with Gasteiger partial charge in [0.05, 0.1) is 17.6 Å². The van der Waals surface area contributed by atoms with E-state index in [4.69, 9.17) is 33.2 Å². The van der Waals surface area contributed by atoms with Crippen LogP contribution in [-0.4, -0.2) is 46.1 Å². The highest BCUT2D eigenvalue weighted by Gasteiger charge is 2.22. The smallest absolute Gasteiger partial charge is 0.225 e. The molecule has 4 aromatic rings. The Hall–Kier alpha value is -3.22. The third-order valence-corrected chi connectivity index (χ3v) is 6.49. The van der Waals surface area contributed by atoms with Crippen molar-refractivity contribution in [3.8, 4) is 22.5 Å². The minimum absolute atomic E-state index is 0.686. The quantitative estimate of drug-likeness (QED) is 0.352. The van der Waals surface area contributed by atoms with Crippen molar-refractivity contribution in [2.45, 2.75) is 13.3 Å². The van der Waals surface area contributed by atoms with Gasteiger partial charge < -0.3 is 9.80 Å². The molecule has 0 saturated carbocycles. The van der Waals surface area contributed by atoms with Crippen molar-refractivity contribution in [2.24, 2.45) is 0 Å². The lowest BCUT2D eigenvalue weighted by molar-refractivity contribution is 0.633. The van der Waals surface area contributed by atoms with Gasteiger partial charge >= 0.3 is 0 Å². The van der Waals surface area contributed by atoms with E-state index in [0.29, 0.717) is 10.0 Å². The van der Waals surface area contributed by atoms with Crippen molar-refractivity contribution in [3.05, 3.63) is 82.7 Å². The van der Waals surface area contributed by atoms with Gasteiger partial charge in [-0.05, 0) is 36.2 Å². The zero-order valence-electron chi connectivity index (χ0n) is 18.8. The topological polar surface area (TPSA) is 58.0 Å². The lowest BCUT2D eigenvalue weighted by Gasteiger charge is -2.35. The molecule has 6 nitrogen and oxygen atoms in total. The summed E-state index contributed by atoms with van der Waals surface area (Å²) in [5.74, 6) is 1.63. The molecule has 5 rings (SSSR count). The summed E-state index contributed by atoms with van der Waals surface area (Å²) in [5, 5.41) is 1.37. The number of aromatic nitrogens is 4. The molecule has 0 spiro atoms. The fraction of sp³-hybridized carbons (Fsp3) is 0.231. The van der Waals surface area contributed by atoms with E-state index >= 15 is 0 Å². The van der Waals surface area contributed by atoms with E-state index in [1.54, 1.807) is 0 Å². The Morgan fingerprint density at radius 3 is 1.76 bits per heavy atom. The predicted molar refractivity (Wildman–Crippen MR) is 139 cm³/mol. The summed E-state index contributed by atoms with van der Waals surface area (Å²) < 4.78 is 0. The lowest BCUT2D eigenvalue weighted by atomic mass is 10.0. The Balaban J connectivity index is 1.41. The number of nitrogens with zero attached hydrogens (tertiary/aromatic N) is 6. The maximum Gasteiger partial charge on any atom is 0.225 e. The number of halogens is 2. The number of piperazine rings is 1. The average Bonchev–Trinajstić information content (AvgIpc) is 2.89. The Morgan fingerprint density at radius 1 is 0.676 bits per heavy atom. The van der Waals surface area contributed by atoms with E-state index in [-0.39, 0.29) is 0 Å². The maximum absolute atomic E-state index is 6.13. The van der Waals surface area contributed by atoms with Gasteiger partial charge in [0.1, 0.15) is 5.82 Å². The summed E-state index contributed by atoms with van der Waals surface area (Å²) in [6.45, 7) is 5.38. The molecule has 2 aromatic carbocycles. The van der Waals surface area contributed by atoms with Crippen molar-refractivity contribution in [1.82, 2.24) is 19.9 Å². The summed E-state index contributed by atoms with van der Waals surface area (Å²) in [6.07, 6.45) is 6.61. The van der Waals surface area contributed by atoms with Crippen LogP contribution in [0.25, 0.3) is 22.5 Å². The van der Waals surface area contributed by atoms with Gasteiger partial charge in [0.15, 0.2) is 0 Å². The van der Waals surface area contributed by atoms with Crippen LogP contribution >= 0.6 is 23.2 Å². The second-order valence-corrected chi connectivity index (χ2v) is 9.03. The van der Waals surface area contributed by atoms with Crippen molar-refractivity contribution in [3.63, 3.8) is 0 Å². The summed E-state index contributed by atoms with van der Waals surface area (Å²) >= 11 is 12.2. The van der Waals surface area contributed by atoms with Crippen LogP contribution in [0.2, 0.25) is 10.0 Å². The van der Waals surface area contributed by atoms with Gasteiger partial charge in [0.2, 0.25) is 5.95 Å². The molecule has 1 aliphatic rings. The number of aryl methyl sites for hydroxylation is 1. The Bertz CT molecular complexity index is 1250. The van der Waals surface area contributed by atoms with Crippen molar-refractivity contribution in [2.75, 3.05) is 36.0 Å². The molecule has 2 aromatic heterocycles. The largest absolute Gasteiger partial charge is 0.352 e. The standard InChI is InChI=1S/C26H24Cl2N6/c1-2-18-15-30-26(31-16-18)34-13-11-33(12-14-34)23-17-29-24(19-3-7-21(27)8-4-19)25(32-23)20-5-9-22(28)10-6-20/h3-10,15-17H,2,11-14H2,1H3. The van der Waals surface area contributed by atoms with Crippen molar-refractivity contribution in [1.29, 1.82) is 0 Å². The van der Waals surface area contributed by atoms with Gasteiger partial charge in [0.25, 0.3) is 0 Å². The highest BCUT2D eigenvalue weighted by Crippen LogP contribution is 2.32. The van der Waals surface area contributed by atoms with E-state index in [1.165, 1.54) is 0 Å². The first-order valence-electron chi connectivity index (χ1n) is 11.3. The van der Waals surface area contributed by atoms with Crippen LogP contribution in [0.15, 0.2) is 67.1 Å². The maximum atomic E-state index is 6.13. The number of hydrogen-bond acceptors (Lipinski definition) is 6. The van der Waals surface area contributed by atoms with Crippen LogP contribution < -0.4 is 9.80 Å². The molecule has 1 saturated heterocycles. The molecule has 0 N–H and O–H groups in total. The van der Waals surface area contributed by atoms with Gasteiger partial charge in [-0.3, -0.25) is 4.98 Å². The fourth-order valence-electron chi connectivity index (χ4n) is 3.99. The molecule has 172 valence electrons. The SMILES string of the molecule is CCc1cnc(N2CCN(c3cnc(-c4ccc(Cl)cc4)c(-c4ccc(Cl)cc4)n3)CC2)nc1. The first-order chi connectivity index (χ1) is 16.6. The second-order valence-electron chi connectivity index (χ2n) is 8.16. The number of anilines is 2. The molecule has 1 fully saturated rings. The number of rotatable bonds is 5. The minimum Gasteiger partial charge on any atom is -0.352 e. The molecule has 0 radical (unpaired) electrons. The minimum atomic E-state index is 0.686. The Morgan fingerprint density at radius 2 is 1.21 bits per heavy atom. The lowest BCUT2D eigenvalue weighted by Crippen LogP contribution is -2.47.